The Morgan fingerprint density at radius 3 is 2.78 bits per heavy atom. The van der Waals surface area contributed by atoms with Crippen molar-refractivity contribution in [2.75, 3.05) is 11.9 Å². The summed E-state index contributed by atoms with van der Waals surface area (Å²) >= 11 is 3.05. The summed E-state index contributed by atoms with van der Waals surface area (Å²) in [7, 11) is 0. The van der Waals surface area contributed by atoms with Crippen LogP contribution in [0.15, 0.2) is 27.6 Å². The number of H-pyrrole nitrogens is 1. The smallest absolute Gasteiger partial charge is 0.361 e. The van der Waals surface area contributed by atoms with Crippen molar-refractivity contribution in [3.8, 4) is 0 Å². The number of nitrogens with zero attached hydrogens (tertiary/aromatic N) is 1. The maximum atomic E-state index is 12.0. The van der Waals surface area contributed by atoms with Crippen molar-refractivity contribution in [1.82, 2.24) is 9.97 Å². The van der Waals surface area contributed by atoms with Gasteiger partial charge < -0.3 is 10.3 Å². The molecule has 0 atom stereocenters. The van der Waals surface area contributed by atoms with Crippen LogP contribution in [0.2, 0.25) is 0 Å². The number of halogens is 4. The van der Waals surface area contributed by atoms with Crippen molar-refractivity contribution >= 4 is 32.7 Å². The molecule has 2 heterocycles. The van der Waals surface area contributed by atoms with Crippen molar-refractivity contribution in [2.24, 2.45) is 0 Å². The zero-order valence-corrected chi connectivity index (χ0v) is 10.4. The first-order chi connectivity index (χ1) is 8.37. The molecule has 2 N–H and O–H groups in total. The van der Waals surface area contributed by atoms with E-state index in [1.807, 2.05) is 0 Å². The van der Waals surface area contributed by atoms with Gasteiger partial charge in [0.1, 0.15) is 16.8 Å². The van der Waals surface area contributed by atoms with Crippen LogP contribution in [0.1, 0.15) is 0 Å². The van der Waals surface area contributed by atoms with Crippen molar-refractivity contribution in [2.45, 2.75) is 6.18 Å². The van der Waals surface area contributed by atoms with Crippen LogP contribution in [-0.4, -0.2) is 22.7 Å². The molecule has 2 aromatic heterocycles. The van der Waals surface area contributed by atoms with E-state index in [4.69, 9.17) is 0 Å². The molecule has 0 radical (unpaired) electrons. The third-order valence-electron chi connectivity index (χ3n) is 2.16. The van der Waals surface area contributed by atoms with E-state index in [0.29, 0.717) is 10.9 Å². The molecule has 96 valence electrons. The summed E-state index contributed by atoms with van der Waals surface area (Å²) in [6, 6.07) is 2.99. The van der Waals surface area contributed by atoms with Gasteiger partial charge in [-0.25, -0.2) is 4.98 Å². The number of aromatic nitrogens is 2. The molecule has 8 heteroatoms. The molecule has 0 spiro atoms. The van der Waals surface area contributed by atoms with E-state index in [1.165, 1.54) is 12.3 Å². The molecule has 0 saturated heterocycles. The quantitative estimate of drug-likeness (QED) is 0.894. The third-order valence-corrected chi connectivity index (χ3v) is 2.90. The summed E-state index contributed by atoms with van der Waals surface area (Å²) < 4.78 is 36.3. The van der Waals surface area contributed by atoms with Gasteiger partial charge >= 0.3 is 6.18 Å². The van der Waals surface area contributed by atoms with E-state index in [0.717, 1.165) is 0 Å². The highest BCUT2D eigenvalue weighted by molar-refractivity contribution is 9.10. The predicted octanol–water partition coefficient (Wildman–Crippen LogP) is 2.66. The second-order valence-electron chi connectivity index (χ2n) is 3.53. The number of hydrogen-bond donors (Lipinski definition) is 2. The van der Waals surface area contributed by atoms with E-state index in [2.05, 4.69) is 31.2 Å². The number of fused-ring (bicyclic) bond motifs is 1. The Morgan fingerprint density at radius 2 is 2.11 bits per heavy atom. The van der Waals surface area contributed by atoms with Gasteiger partial charge in [-0.05, 0) is 28.1 Å². The Hall–Kier alpha value is -1.57. The van der Waals surface area contributed by atoms with Crippen LogP contribution in [0.4, 0.5) is 19.0 Å². The summed E-state index contributed by atoms with van der Waals surface area (Å²) in [4.78, 5) is 17.8. The molecular formula is C10H7BrF3N3O. The molecular weight excluding hydrogens is 315 g/mol. The zero-order chi connectivity index (χ0) is 13.3. The Labute approximate surface area is 107 Å². The lowest BCUT2D eigenvalue weighted by Crippen LogP contribution is -2.21. The molecule has 18 heavy (non-hydrogen) atoms. The lowest BCUT2D eigenvalue weighted by molar-refractivity contribution is -0.115. The molecule has 0 amide bonds. The van der Waals surface area contributed by atoms with E-state index < -0.39 is 12.7 Å². The van der Waals surface area contributed by atoms with Gasteiger partial charge in [0.15, 0.2) is 0 Å². The summed E-state index contributed by atoms with van der Waals surface area (Å²) in [5.74, 6) is 0.0612. The highest BCUT2D eigenvalue weighted by Gasteiger charge is 2.26. The van der Waals surface area contributed by atoms with E-state index in [9.17, 15) is 18.0 Å². The molecule has 2 rings (SSSR count). The first kappa shape index (κ1) is 12.9. The van der Waals surface area contributed by atoms with E-state index in [-0.39, 0.29) is 15.8 Å². The fourth-order valence-electron chi connectivity index (χ4n) is 1.37. The minimum atomic E-state index is -4.32. The van der Waals surface area contributed by atoms with Gasteiger partial charge in [0, 0.05) is 11.6 Å². The number of alkyl halides is 3. The molecule has 4 nitrogen and oxygen atoms in total. The van der Waals surface area contributed by atoms with Gasteiger partial charge in [0.05, 0.1) is 5.52 Å². The normalized spacial score (nSPS) is 11.8. The average Bonchev–Trinajstić information content (AvgIpc) is 2.31. The summed E-state index contributed by atoms with van der Waals surface area (Å²) in [6.07, 6.45) is -2.87. The second-order valence-corrected chi connectivity index (χ2v) is 4.33. The first-order valence-electron chi connectivity index (χ1n) is 4.85. The fraction of sp³-hybridized carbons (Fsp3) is 0.200. The van der Waals surface area contributed by atoms with Gasteiger partial charge in [-0.2, -0.15) is 13.2 Å². The monoisotopic (exact) mass is 321 g/mol. The zero-order valence-electron chi connectivity index (χ0n) is 8.81. The number of aromatic amines is 1. The van der Waals surface area contributed by atoms with E-state index >= 15 is 0 Å². The highest BCUT2D eigenvalue weighted by atomic mass is 79.9. The number of anilines is 1. The second kappa shape index (κ2) is 4.60. The molecule has 0 aliphatic heterocycles. The maximum Gasteiger partial charge on any atom is 0.405 e. The summed E-state index contributed by atoms with van der Waals surface area (Å²) in [5.41, 5.74) is -0.0751. The van der Waals surface area contributed by atoms with Crippen LogP contribution in [0, 0.1) is 0 Å². The largest absolute Gasteiger partial charge is 0.405 e. The lowest BCUT2D eigenvalue weighted by atomic mass is 10.2. The lowest BCUT2D eigenvalue weighted by Gasteiger charge is -2.09. The molecule has 0 unspecified atom stereocenters. The van der Waals surface area contributed by atoms with Gasteiger partial charge in [-0.1, -0.05) is 0 Å². The molecule has 0 saturated carbocycles. The molecule has 0 bridgehead atoms. The topological polar surface area (TPSA) is 57.8 Å². The summed E-state index contributed by atoms with van der Waals surface area (Å²) in [5, 5.41) is 2.78. The van der Waals surface area contributed by atoms with Crippen molar-refractivity contribution < 1.29 is 13.2 Å². The minimum absolute atomic E-state index is 0.0612. The Balaban J connectivity index is 2.38. The average molecular weight is 322 g/mol. The Kier molecular flexibility index (Phi) is 3.29. The molecule has 0 aliphatic carbocycles. The van der Waals surface area contributed by atoms with Crippen molar-refractivity contribution in [3.05, 3.63) is 33.2 Å². The standard InChI is InChI=1S/C10H7BrF3N3O/c11-7-8-5(3-15-9(7)18)1-2-6(17-8)16-4-10(12,13)14/h1-3H,4H2,(H,15,18)(H,16,17). The number of nitrogens with one attached hydrogen (secondary N) is 2. The van der Waals surface area contributed by atoms with Crippen LogP contribution in [-0.2, 0) is 0 Å². The maximum absolute atomic E-state index is 12.0. The highest BCUT2D eigenvalue weighted by Crippen LogP contribution is 2.21. The van der Waals surface area contributed by atoms with Crippen LogP contribution in [0.5, 0.6) is 0 Å². The van der Waals surface area contributed by atoms with Crippen molar-refractivity contribution in [3.63, 3.8) is 0 Å². The fourth-order valence-corrected chi connectivity index (χ4v) is 1.80. The molecule has 0 aliphatic rings. The summed E-state index contributed by atoms with van der Waals surface area (Å²) in [6.45, 7) is -1.17. The predicted molar refractivity (Wildman–Crippen MR) is 64.6 cm³/mol. The molecule has 2 aromatic rings. The van der Waals surface area contributed by atoms with Crippen molar-refractivity contribution in [1.29, 1.82) is 0 Å². The first-order valence-corrected chi connectivity index (χ1v) is 5.65. The minimum Gasteiger partial charge on any atom is -0.361 e. The van der Waals surface area contributed by atoms with Gasteiger partial charge in [0.2, 0.25) is 0 Å². The van der Waals surface area contributed by atoms with Gasteiger partial charge in [-0.15, -0.1) is 0 Å². The molecule has 0 aromatic carbocycles. The molecule has 0 fully saturated rings. The Bertz CT molecular complexity index is 638. The van der Waals surface area contributed by atoms with Gasteiger partial charge in [0.25, 0.3) is 5.56 Å². The number of pyridine rings is 2. The Morgan fingerprint density at radius 1 is 1.39 bits per heavy atom. The van der Waals surface area contributed by atoms with E-state index in [1.54, 1.807) is 6.07 Å². The van der Waals surface area contributed by atoms with Crippen LogP contribution in [0.25, 0.3) is 10.9 Å². The SMILES string of the molecule is O=c1[nH]cc2ccc(NCC(F)(F)F)nc2c1Br. The van der Waals surface area contributed by atoms with Gasteiger partial charge in [-0.3, -0.25) is 4.79 Å². The third kappa shape index (κ3) is 2.81. The van der Waals surface area contributed by atoms with Crippen LogP contribution >= 0.6 is 15.9 Å². The van der Waals surface area contributed by atoms with Crippen LogP contribution < -0.4 is 10.9 Å². The number of rotatable bonds is 2. The van der Waals surface area contributed by atoms with Crippen LogP contribution in [0.3, 0.4) is 0 Å². The number of hydrogen-bond acceptors (Lipinski definition) is 3.